The average Bonchev–Trinajstić information content (AvgIpc) is 2.68. The van der Waals surface area contributed by atoms with Crippen molar-refractivity contribution in [2.24, 2.45) is 0 Å². The van der Waals surface area contributed by atoms with Gasteiger partial charge in [-0.05, 0) is 56.5 Å². The van der Waals surface area contributed by atoms with Crippen LogP contribution in [0.15, 0.2) is 59.8 Å². The lowest BCUT2D eigenvalue weighted by Crippen LogP contribution is -2.48. The Labute approximate surface area is 160 Å². The number of carbonyl (C=O) groups excluding carboxylic acids is 1. The van der Waals surface area contributed by atoms with E-state index in [0.29, 0.717) is 5.75 Å². The van der Waals surface area contributed by atoms with Crippen molar-refractivity contribution in [2.45, 2.75) is 36.8 Å². The number of nitrogens with one attached hydrogen (secondary N) is 1. The van der Waals surface area contributed by atoms with Gasteiger partial charge in [0, 0.05) is 18.8 Å². The van der Waals surface area contributed by atoms with E-state index in [1.165, 1.54) is 23.7 Å². The van der Waals surface area contributed by atoms with Gasteiger partial charge in [-0.2, -0.15) is 0 Å². The Kier molecular flexibility index (Phi) is 7.52. The van der Waals surface area contributed by atoms with Crippen molar-refractivity contribution in [3.05, 3.63) is 60.3 Å². The molecule has 1 saturated heterocycles. The molecule has 3 rings (SSSR count). The van der Waals surface area contributed by atoms with Gasteiger partial charge in [-0.15, -0.1) is 0 Å². The van der Waals surface area contributed by atoms with Crippen molar-refractivity contribution in [2.75, 3.05) is 25.4 Å². The van der Waals surface area contributed by atoms with Gasteiger partial charge in [0.05, 0.1) is 10.8 Å². The van der Waals surface area contributed by atoms with Gasteiger partial charge in [0.1, 0.15) is 0 Å². The summed E-state index contributed by atoms with van der Waals surface area (Å²) in [6.45, 7) is 3.21. The number of nitrogens with zero attached hydrogens (tertiary/aromatic N) is 2. The molecule has 1 aromatic carbocycles. The van der Waals surface area contributed by atoms with Crippen molar-refractivity contribution >= 4 is 17.7 Å². The highest BCUT2D eigenvalue weighted by molar-refractivity contribution is 7.99. The minimum atomic E-state index is 0.108. The first-order valence-corrected chi connectivity index (χ1v) is 10.4. The summed E-state index contributed by atoms with van der Waals surface area (Å²) in [5, 5.41) is 4.10. The van der Waals surface area contributed by atoms with E-state index >= 15 is 0 Å². The third-order valence-corrected chi connectivity index (χ3v) is 5.59. The number of thioether (sulfide) groups is 1. The van der Waals surface area contributed by atoms with E-state index in [0.717, 1.165) is 43.9 Å². The Morgan fingerprint density at radius 2 is 2.04 bits per heavy atom. The molecule has 138 valence electrons. The first-order chi connectivity index (χ1) is 12.8. The van der Waals surface area contributed by atoms with E-state index in [2.05, 4.69) is 45.5 Å². The van der Waals surface area contributed by atoms with Gasteiger partial charge >= 0.3 is 0 Å². The maximum atomic E-state index is 12.2. The number of aryl methyl sites for hydroxylation is 1. The van der Waals surface area contributed by atoms with Crippen molar-refractivity contribution in [1.29, 1.82) is 0 Å². The second-order valence-electron chi connectivity index (χ2n) is 6.75. The van der Waals surface area contributed by atoms with E-state index in [1.54, 1.807) is 6.20 Å². The highest BCUT2D eigenvalue weighted by Crippen LogP contribution is 2.15. The van der Waals surface area contributed by atoms with E-state index in [-0.39, 0.29) is 11.9 Å². The maximum Gasteiger partial charge on any atom is 0.230 e. The SMILES string of the molecule is O=C(CSc1ccccn1)N[C@H]1CCCN(CCCc2ccccc2)C1. The molecule has 26 heavy (non-hydrogen) atoms. The van der Waals surface area contributed by atoms with Gasteiger partial charge in [-0.3, -0.25) is 4.79 Å². The molecule has 2 heterocycles. The minimum Gasteiger partial charge on any atom is -0.351 e. The number of rotatable bonds is 8. The van der Waals surface area contributed by atoms with Gasteiger partial charge in [0.25, 0.3) is 0 Å². The quantitative estimate of drug-likeness (QED) is 0.725. The molecule has 1 amide bonds. The predicted molar refractivity (Wildman–Crippen MR) is 107 cm³/mol. The summed E-state index contributed by atoms with van der Waals surface area (Å²) in [6, 6.07) is 16.7. The number of hydrogen-bond donors (Lipinski definition) is 1. The zero-order chi connectivity index (χ0) is 18.0. The summed E-state index contributed by atoms with van der Waals surface area (Å²) in [7, 11) is 0. The number of piperidine rings is 1. The predicted octanol–water partition coefficient (Wildman–Crippen LogP) is 3.39. The minimum absolute atomic E-state index is 0.108. The third kappa shape index (κ3) is 6.46. The summed E-state index contributed by atoms with van der Waals surface area (Å²) < 4.78 is 0. The number of carbonyl (C=O) groups is 1. The maximum absolute atomic E-state index is 12.2. The van der Waals surface area contributed by atoms with Crippen LogP contribution >= 0.6 is 11.8 Å². The molecule has 1 atom stereocenters. The summed E-state index contributed by atoms with van der Waals surface area (Å²) in [5.41, 5.74) is 1.40. The fourth-order valence-electron chi connectivity index (χ4n) is 3.37. The summed E-state index contributed by atoms with van der Waals surface area (Å²) >= 11 is 1.49. The molecule has 0 spiro atoms. The van der Waals surface area contributed by atoms with Crippen LogP contribution in [-0.4, -0.2) is 47.2 Å². The molecule has 0 aliphatic carbocycles. The molecular formula is C21H27N3OS. The zero-order valence-corrected chi connectivity index (χ0v) is 16.0. The molecule has 0 unspecified atom stereocenters. The van der Waals surface area contributed by atoms with Gasteiger partial charge in [0.15, 0.2) is 0 Å². The van der Waals surface area contributed by atoms with Gasteiger partial charge in [0.2, 0.25) is 5.91 Å². The van der Waals surface area contributed by atoms with Crippen molar-refractivity contribution in [3.63, 3.8) is 0 Å². The van der Waals surface area contributed by atoms with E-state index in [4.69, 9.17) is 0 Å². The second-order valence-corrected chi connectivity index (χ2v) is 7.75. The van der Waals surface area contributed by atoms with E-state index < -0.39 is 0 Å². The lowest BCUT2D eigenvalue weighted by molar-refractivity contribution is -0.119. The van der Waals surface area contributed by atoms with Crippen LogP contribution in [0, 0.1) is 0 Å². The van der Waals surface area contributed by atoms with Crippen LogP contribution in [-0.2, 0) is 11.2 Å². The molecule has 1 aliphatic rings. The van der Waals surface area contributed by atoms with Gasteiger partial charge in [-0.25, -0.2) is 4.98 Å². The van der Waals surface area contributed by atoms with Crippen LogP contribution in [0.4, 0.5) is 0 Å². The number of hydrogen-bond acceptors (Lipinski definition) is 4. The topological polar surface area (TPSA) is 45.2 Å². The van der Waals surface area contributed by atoms with Crippen molar-refractivity contribution in [3.8, 4) is 0 Å². The number of aromatic nitrogens is 1. The number of amides is 1. The average molecular weight is 370 g/mol. The third-order valence-electron chi connectivity index (χ3n) is 4.64. The smallest absolute Gasteiger partial charge is 0.230 e. The molecule has 4 nitrogen and oxygen atoms in total. The van der Waals surface area contributed by atoms with Crippen LogP contribution in [0.3, 0.4) is 0 Å². The lowest BCUT2D eigenvalue weighted by atomic mass is 10.0. The highest BCUT2D eigenvalue weighted by atomic mass is 32.2. The van der Waals surface area contributed by atoms with Crippen LogP contribution in [0.1, 0.15) is 24.8 Å². The first kappa shape index (κ1) is 18.9. The Morgan fingerprint density at radius 3 is 2.85 bits per heavy atom. The normalized spacial score (nSPS) is 17.8. The molecule has 1 N–H and O–H groups in total. The van der Waals surface area contributed by atoms with Gasteiger partial charge in [-0.1, -0.05) is 48.2 Å². The number of benzene rings is 1. The molecule has 0 radical (unpaired) electrons. The molecule has 5 heteroatoms. The monoisotopic (exact) mass is 369 g/mol. The van der Waals surface area contributed by atoms with Crippen LogP contribution in [0.25, 0.3) is 0 Å². The van der Waals surface area contributed by atoms with E-state index in [9.17, 15) is 4.79 Å². The van der Waals surface area contributed by atoms with Crippen molar-refractivity contribution < 1.29 is 4.79 Å². The standard InChI is InChI=1S/C21H27N3OS/c25-20(17-26-21-12-4-5-13-22-21)23-19-11-7-15-24(16-19)14-6-10-18-8-2-1-3-9-18/h1-5,8-9,12-13,19H,6-7,10-11,14-17H2,(H,23,25)/t19-/m0/s1. The van der Waals surface area contributed by atoms with Crippen LogP contribution in [0.5, 0.6) is 0 Å². The van der Waals surface area contributed by atoms with Crippen molar-refractivity contribution in [1.82, 2.24) is 15.2 Å². The summed E-state index contributed by atoms with van der Waals surface area (Å²) in [6.07, 6.45) is 6.28. The van der Waals surface area contributed by atoms with Gasteiger partial charge < -0.3 is 10.2 Å². The van der Waals surface area contributed by atoms with E-state index in [1.807, 2.05) is 18.2 Å². The van der Waals surface area contributed by atoms with Crippen LogP contribution < -0.4 is 5.32 Å². The molecule has 1 aromatic heterocycles. The zero-order valence-electron chi connectivity index (χ0n) is 15.1. The number of likely N-dealkylation sites (tertiary alicyclic amines) is 1. The highest BCUT2D eigenvalue weighted by Gasteiger charge is 2.21. The lowest BCUT2D eigenvalue weighted by Gasteiger charge is -2.33. The van der Waals surface area contributed by atoms with Crippen LogP contribution in [0.2, 0.25) is 0 Å². The molecule has 0 bridgehead atoms. The molecule has 1 aliphatic heterocycles. The molecule has 0 saturated carbocycles. The second kappa shape index (κ2) is 10.3. The Balaban J connectivity index is 1.35. The number of pyridine rings is 1. The molecule has 2 aromatic rings. The Bertz CT molecular complexity index is 665. The molecular weight excluding hydrogens is 342 g/mol. The molecule has 1 fully saturated rings. The first-order valence-electron chi connectivity index (χ1n) is 9.39. The largest absolute Gasteiger partial charge is 0.351 e. The Hall–Kier alpha value is -1.85. The summed E-state index contributed by atoms with van der Waals surface area (Å²) in [4.78, 5) is 18.9. The summed E-state index contributed by atoms with van der Waals surface area (Å²) in [5.74, 6) is 0.540. The fourth-order valence-corrected chi connectivity index (χ4v) is 4.04. The fraction of sp³-hybridized carbons (Fsp3) is 0.429. The Morgan fingerprint density at radius 1 is 1.19 bits per heavy atom.